The molecule has 3 fully saturated rings. The summed E-state index contributed by atoms with van der Waals surface area (Å²) in [6.07, 6.45) is 8.15. The highest BCUT2D eigenvalue weighted by atomic mass is 16.2. The lowest BCUT2D eigenvalue weighted by Gasteiger charge is -2.35. The molecule has 3 amide bonds. The molecule has 3 aliphatic rings. The van der Waals surface area contributed by atoms with Crippen LogP contribution in [0.3, 0.4) is 0 Å². The first-order chi connectivity index (χ1) is 9.24. The molecule has 1 N–H and O–H groups in total. The van der Waals surface area contributed by atoms with Gasteiger partial charge in [-0.25, -0.2) is 4.79 Å². The van der Waals surface area contributed by atoms with Crippen molar-refractivity contribution in [2.24, 2.45) is 0 Å². The van der Waals surface area contributed by atoms with Crippen LogP contribution >= 0.6 is 0 Å². The molecule has 0 spiro atoms. The van der Waals surface area contributed by atoms with E-state index in [0.29, 0.717) is 25.2 Å². The zero-order chi connectivity index (χ0) is 13.2. The SMILES string of the molecule is O=C(NC1CCCCC1)N1CCN(C2CC2)C(=O)C1. The van der Waals surface area contributed by atoms with E-state index in [-0.39, 0.29) is 18.5 Å². The van der Waals surface area contributed by atoms with Gasteiger partial charge in [0.05, 0.1) is 0 Å². The lowest BCUT2D eigenvalue weighted by Crippen LogP contribution is -2.56. The van der Waals surface area contributed by atoms with E-state index in [0.717, 1.165) is 25.7 Å². The van der Waals surface area contributed by atoms with Crippen molar-refractivity contribution in [3.05, 3.63) is 0 Å². The number of carbonyl (C=O) groups excluding carboxylic acids is 2. The third kappa shape index (κ3) is 3.01. The van der Waals surface area contributed by atoms with Crippen LogP contribution in [0.25, 0.3) is 0 Å². The van der Waals surface area contributed by atoms with Crippen LogP contribution in [0.15, 0.2) is 0 Å². The second-order valence-electron chi connectivity index (χ2n) is 6.02. The van der Waals surface area contributed by atoms with Crippen molar-refractivity contribution in [1.82, 2.24) is 15.1 Å². The van der Waals surface area contributed by atoms with Crippen LogP contribution in [0.4, 0.5) is 4.79 Å². The van der Waals surface area contributed by atoms with Crippen LogP contribution in [0.1, 0.15) is 44.9 Å². The Hall–Kier alpha value is -1.26. The number of nitrogens with zero attached hydrogens (tertiary/aromatic N) is 2. The highest BCUT2D eigenvalue weighted by Gasteiger charge is 2.37. The zero-order valence-electron chi connectivity index (χ0n) is 11.4. The molecule has 19 heavy (non-hydrogen) atoms. The number of nitrogens with one attached hydrogen (secondary N) is 1. The summed E-state index contributed by atoms with van der Waals surface area (Å²) >= 11 is 0. The van der Waals surface area contributed by atoms with Gasteiger partial charge in [0, 0.05) is 25.2 Å². The minimum absolute atomic E-state index is 0.0457. The van der Waals surface area contributed by atoms with Crippen molar-refractivity contribution >= 4 is 11.9 Å². The van der Waals surface area contributed by atoms with E-state index in [9.17, 15) is 9.59 Å². The predicted octanol–water partition coefficient (Wildman–Crippen LogP) is 1.34. The van der Waals surface area contributed by atoms with Gasteiger partial charge in [-0.3, -0.25) is 4.79 Å². The molecule has 1 heterocycles. The molecule has 5 nitrogen and oxygen atoms in total. The maximum atomic E-state index is 12.1. The summed E-state index contributed by atoms with van der Waals surface area (Å²) in [5.41, 5.74) is 0. The maximum Gasteiger partial charge on any atom is 0.318 e. The topological polar surface area (TPSA) is 52.7 Å². The highest BCUT2D eigenvalue weighted by molar-refractivity contribution is 5.85. The standard InChI is InChI=1S/C14H23N3O2/c18-13-10-16(8-9-17(13)12-6-7-12)14(19)15-11-4-2-1-3-5-11/h11-12H,1-10H2,(H,15,19). The van der Waals surface area contributed by atoms with Gasteiger partial charge >= 0.3 is 6.03 Å². The monoisotopic (exact) mass is 265 g/mol. The molecule has 0 aromatic carbocycles. The Kier molecular flexibility index (Phi) is 3.62. The largest absolute Gasteiger partial charge is 0.336 e. The van der Waals surface area contributed by atoms with Gasteiger partial charge in [-0.15, -0.1) is 0 Å². The second-order valence-corrected chi connectivity index (χ2v) is 6.02. The lowest BCUT2D eigenvalue weighted by atomic mass is 9.96. The molecule has 0 unspecified atom stereocenters. The number of amides is 3. The third-order valence-electron chi connectivity index (χ3n) is 4.46. The fourth-order valence-electron chi connectivity index (χ4n) is 3.14. The number of urea groups is 1. The number of carbonyl (C=O) groups is 2. The zero-order valence-corrected chi connectivity index (χ0v) is 11.4. The Labute approximate surface area is 114 Å². The minimum atomic E-state index is -0.0457. The van der Waals surface area contributed by atoms with Crippen molar-refractivity contribution in [3.63, 3.8) is 0 Å². The number of rotatable bonds is 2. The summed E-state index contributed by atoms with van der Waals surface area (Å²) in [5, 5.41) is 3.09. The molecule has 0 radical (unpaired) electrons. The van der Waals surface area contributed by atoms with Crippen molar-refractivity contribution in [3.8, 4) is 0 Å². The summed E-state index contributed by atoms with van der Waals surface area (Å²) in [7, 11) is 0. The van der Waals surface area contributed by atoms with Crippen LogP contribution in [0, 0.1) is 0 Å². The van der Waals surface area contributed by atoms with E-state index in [4.69, 9.17) is 0 Å². The van der Waals surface area contributed by atoms with Crippen LogP contribution < -0.4 is 5.32 Å². The van der Waals surface area contributed by atoms with Gasteiger partial charge in [-0.2, -0.15) is 0 Å². The Morgan fingerprint density at radius 3 is 2.42 bits per heavy atom. The number of hydrogen-bond acceptors (Lipinski definition) is 2. The Morgan fingerprint density at radius 2 is 1.79 bits per heavy atom. The lowest BCUT2D eigenvalue weighted by molar-refractivity contribution is -0.135. The van der Waals surface area contributed by atoms with Gasteiger partial charge in [0.2, 0.25) is 5.91 Å². The minimum Gasteiger partial charge on any atom is -0.336 e. The smallest absolute Gasteiger partial charge is 0.318 e. The normalized spacial score (nSPS) is 25.6. The average Bonchev–Trinajstić information content (AvgIpc) is 3.24. The second kappa shape index (κ2) is 5.39. The van der Waals surface area contributed by atoms with E-state index in [1.165, 1.54) is 19.3 Å². The number of hydrogen-bond donors (Lipinski definition) is 1. The fourth-order valence-corrected chi connectivity index (χ4v) is 3.14. The molecule has 0 aromatic rings. The highest BCUT2D eigenvalue weighted by Crippen LogP contribution is 2.28. The first-order valence-electron chi connectivity index (χ1n) is 7.59. The Balaban J connectivity index is 1.48. The molecule has 3 rings (SSSR count). The fraction of sp³-hybridized carbons (Fsp3) is 0.857. The van der Waals surface area contributed by atoms with Gasteiger partial charge in [-0.1, -0.05) is 19.3 Å². The first-order valence-corrected chi connectivity index (χ1v) is 7.59. The summed E-state index contributed by atoms with van der Waals surface area (Å²) < 4.78 is 0. The van der Waals surface area contributed by atoms with Crippen LogP contribution in [0.5, 0.6) is 0 Å². The van der Waals surface area contributed by atoms with Crippen LogP contribution in [-0.4, -0.2) is 53.5 Å². The molecule has 0 aromatic heterocycles. The van der Waals surface area contributed by atoms with E-state index in [1.807, 2.05) is 4.90 Å². The summed E-state index contributed by atoms with van der Waals surface area (Å²) in [5.74, 6) is 0.118. The van der Waals surface area contributed by atoms with Crippen molar-refractivity contribution in [2.45, 2.75) is 57.0 Å². The predicted molar refractivity (Wildman–Crippen MR) is 71.7 cm³/mol. The van der Waals surface area contributed by atoms with Gasteiger partial charge in [0.15, 0.2) is 0 Å². The van der Waals surface area contributed by atoms with Gasteiger partial charge in [0.25, 0.3) is 0 Å². The Morgan fingerprint density at radius 1 is 1.05 bits per heavy atom. The Bertz CT molecular complexity index is 362. The summed E-state index contributed by atoms with van der Waals surface area (Å²) in [4.78, 5) is 27.8. The molecule has 106 valence electrons. The van der Waals surface area contributed by atoms with E-state index in [2.05, 4.69) is 5.32 Å². The van der Waals surface area contributed by atoms with Crippen LogP contribution in [-0.2, 0) is 4.79 Å². The van der Waals surface area contributed by atoms with E-state index < -0.39 is 0 Å². The quantitative estimate of drug-likeness (QED) is 0.819. The maximum absolute atomic E-state index is 12.1. The molecular formula is C14H23N3O2. The molecule has 1 saturated heterocycles. The molecule has 2 saturated carbocycles. The van der Waals surface area contributed by atoms with Crippen molar-refractivity contribution in [1.29, 1.82) is 0 Å². The summed E-state index contributed by atoms with van der Waals surface area (Å²) in [6.45, 7) is 1.65. The molecule has 0 bridgehead atoms. The van der Waals surface area contributed by atoms with E-state index >= 15 is 0 Å². The molecule has 5 heteroatoms. The van der Waals surface area contributed by atoms with Crippen molar-refractivity contribution in [2.75, 3.05) is 19.6 Å². The average molecular weight is 265 g/mol. The van der Waals surface area contributed by atoms with E-state index in [1.54, 1.807) is 4.90 Å². The third-order valence-corrected chi connectivity index (χ3v) is 4.46. The molecule has 1 aliphatic heterocycles. The number of piperazine rings is 1. The van der Waals surface area contributed by atoms with Gasteiger partial charge in [-0.05, 0) is 25.7 Å². The first kappa shape index (κ1) is 12.8. The van der Waals surface area contributed by atoms with Gasteiger partial charge < -0.3 is 15.1 Å². The summed E-state index contributed by atoms with van der Waals surface area (Å²) in [6, 6.07) is 0.740. The van der Waals surface area contributed by atoms with Crippen LogP contribution in [0.2, 0.25) is 0 Å². The van der Waals surface area contributed by atoms with Gasteiger partial charge in [0.1, 0.15) is 6.54 Å². The molecular weight excluding hydrogens is 242 g/mol. The molecule has 2 aliphatic carbocycles. The molecule has 0 atom stereocenters. The van der Waals surface area contributed by atoms with Crippen molar-refractivity contribution < 1.29 is 9.59 Å².